The number of nitrogens with zero attached hydrogens (tertiary/aromatic N) is 2. The first kappa shape index (κ1) is 10.6. The van der Waals surface area contributed by atoms with E-state index in [4.69, 9.17) is 4.42 Å². The average molecular weight is 268 g/mol. The number of alkyl halides is 1. The maximum atomic E-state index is 10.4. The summed E-state index contributed by atoms with van der Waals surface area (Å²) in [5.41, 5.74) is 0.992. The predicted molar refractivity (Wildman–Crippen MR) is 61.3 cm³/mol. The Balaban J connectivity index is 2.15. The zero-order valence-corrected chi connectivity index (χ0v) is 9.55. The summed E-state index contributed by atoms with van der Waals surface area (Å²) in [7, 11) is 1.53. The molecule has 6 heteroatoms. The van der Waals surface area contributed by atoms with E-state index in [2.05, 4.69) is 27.0 Å². The summed E-state index contributed by atoms with van der Waals surface area (Å²) in [6.07, 6.45) is 6.00. The molecular weight excluding hydrogens is 259 g/mol. The van der Waals surface area contributed by atoms with Crippen molar-refractivity contribution in [1.29, 1.82) is 0 Å². The van der Waals surface area contributed by atoms with E-state index >= 15 is 0 Å². The number of hydrogen-bond acceptors (Lipinski definition) is 4. The topological polar surface area (TPSA) is 46.3 Å². The largest absolute Gasteiger partial charge is 0.445 e. The minimum Gasteiger partial charge on any atom is -0.445 e. The zero-order chi connectivity index (χ0) is 10.7. The predicted octanol–water partition coefficient (Wildman–Crippen LogP) is 0.947. The minimum atomic E-state index is 0.212. The molecule has 0 bridgehead atoms. The van der Waals surface area contributed by atoms with E-state index in [0.717, 1.165) is 18.3 Å². The van der Waals surface area contributed by atoms with E-state index in [-0.39, 0.29) is 4.83 Å². The molecule has 2 rings (SSSR count). The number of aromatic nitrogens is 1. The number of halogens is 1. The van der Waals surface area contributed by atoms with Crippen molar-refractivity contribution in [2.24, 2.45) is 0 Å². The second-order valence-corrected chi connectivity index (χ2v) is 4.44. The van der Waals surface area contributed by atoms with Crippen LogP contribution in [0.4, 0.5) is 0 Å². The minimum absolute atomic E-state index is 0.212. The van der Waals surface area contributed by atoms with Gasteiger partial charge < -0.3 is 14.0 Å². The van der Waals surface area contributed by atoms with Gasteiger partial charge in [-0.05, 0) is 0 Å². The molecule has 0 N–H and O–H groups in total. The van der Waals surface area contributed by atoms with Gasteiger partial charge >= 0.3 is 0 Å². The maximum absolute atomic E-state index is 10.4. The van der Waals surface area contributed by atoms with Crippen molar-refractivity contribution in [3.05, 3.63) is 24.4 Å². The zero-order valence-electron chi connectivity index (χ0n) is 7.97. The average Bonchev–Trinajstić information content (AvgIpc) is 2.70. The van der Waals surface area contributed by atoms with Crippen molar-refractivity contribution >= 4 is 35.1 Å². The van der Waals surface area contributed by atoms with Crippen LogP contribution in [-0.4, -0.2) is 41.3 Å². The Morgan fingerprint density at radius 3 is 3.27 bits per heavy atom. The Kier molecular flexibility index (Phi) is 3.38. The fourth-order valence-electron chi connectivity index (χ4n) is 1.55. The molecule has 1 radical (unpaired) electrons. The van der Waals surface area contributed by atoms with Gasteiger partial charge in [-0.25, -0.2) is 4.98 Å². The van der Waals surface area contributed by atoms with Crippen molar-refractivity contribution in [3.63, 3.8) is 0 Å². The summed E-state index contributed by atoms with van der Waals surface area (Å²) >= 11 is 3.50. The lowest BCUT2D eigenvalue weighted by molar-refractivity contribution is 0.478. The number of hydrogen-bond donors (Lipinski definition) is 0. The van der Waals surface area contributed by atoms with Crippen molar-refractivity contribution in [2.75, 3.05) is 13.1 Å². The van der Waals surface area contributed by atoms with Gasteiger partial charge in [0.15, 0.2) is 0 Å². The third kappa shape index (κ3) is 2.57. The van der Waals surface area contributed by atoms with Crippen LogP contribution in [0.2, 0.25) is 0 Å². The van der Waals surface area contributed by atoms with E-state index in [9.17, 15) is 4.79 Å². The SMILES string of the molecule is O=C[B]N1CC(c2ncco2)=CC(Br)C1. The second kappa shape index (κ2) is 4.76. The molecule has 1 unspecified atom stereocenters. The molecule has 2 heterocycles. The molecule has 1 aliphatic heterocycles. The van der Waals surface area contributed by atoms with E-state index in [0.29, 0.717) is 12.4 Å². The Morgan fingerprint density at radius 1 is 1.73 bits per heavy atom. The molecule has 77 valence electrons. The molecule has 1 aliphatic rings. The summed E-state index contributed by atoms with van der Waals surface area (Å²) in [6, 6.07) is 0. The Morgan fingerprint density at radius 2 is 2.60 bits per heavy atom. The fraction of sp³-hybridized carbons (Fsp3) is 0.333. The highest BCUT2D eigenvalue weighted by molar-refractivity contribution is 9.09. The highest BCUT2D eigenvalue weighted by Crippen LogP contribution is 2.21. The monoisotopic (exact) mass is 267 g/mol. The van der Waals surface area contributed by atoms with Crippen LogP contribution in [-0.2, 0) is 4.79 Å². The molecule has 0 fully saturated rings. The third-order valence-electron chi connectivity index (χ3n) is 2.14. The van der Waals surface area contributed by atoms with Crippen LogP contribution < -0.4 is 0 Å². The van der Waals surface area contributed by atoms with Crippen molar-refractivity contribution in [2.45, 2.75) is 4.83 Å². The lowest BCUT2D eigenvalue weighted by Gasteiger charge is -2.26. The number of rotatable bonds is 3. The van der Waals surface area contributed by atoms with Crippen molar-refractivity contribution in [3.8, 4) is 0 Å². The van der Waals surface area contributed by atoms with Gasteiger partial charge in [0, 0.05) is 23.5 Å². The van der Waals surface area contributed by atoms with E-state index < -0.39 is 0 Å². The number of carbonyl (C=O) groups is 1. The number of carbonyl (C=O) groups excluding carboxylic acids is 1. The van der Waals surface area contributed by atoms with Gasteiger partial charge in [0.05, 0.1) is 12.4 Å². The van der Waals surface area contributed by atoms with Crippen molar-refractivity contribution in [1.82, 2.24) is 9.79 Å². The highest BCUT2D eigenvalue weighted by Gasteiger charge is 2.21. The van der Waals surface area contributed by atoms with Gasteiger partial charge in [0.1, 0.15) is 6.26 Å². The molecule has 4 nitrogen and oxygen atoms in total. The maximum Gasteiger partial charge on any atom is 0.293 e. The van der Waals surface area contributed by atoms with Crippen LogP contribution in [0.25, 0.3) is 5.57 Å². The summed E-state index contributed by atoms with van der Waals surface area (Å²) in [4.78, 5) is 16.6. The van der Waals surface area contributed by atoms with Gasteiger partial charge in [-0.1, -0.05) is 22.0 Å². The molecule has 1 aromatic heterocycles. The first-order chi connectivity index (χ1) is 7.29. The lowest BCUT2D eigenvalue weighted by Crippen LogP contribution is -2.38. The van der Waals surface area contributed by atoms with Crippen molar-refractivity contribution < 1.29 is 9.21 Å². The van der Waals surface area contributed by atoms with Crippen LogP contribution in [0.5, 0.6) is 0 Å². The van der Waals surface area contributed by atoms with Gasteiger partial charge in [0.2, 0.25) is 5.89 Å². The summed E-state index contributed by atoms with van der Waals surface area (Å²) in [6.45, 7) is 1.43. The Labute approximate surface area is 96.7 Å². The van der Waals surface area contributed by atoms with E-state index in [1.54, 1.807) is 12.5 Å². The summed E-state index contributed by atoms with van der Waals surface area (Å²) < 4.78 is 5.22. The highest BCUT2D eigenvalue weighted by atomic mass is 79.9. The van der Waals surface area contributed by atoms with Gasteiger partial charge in [-0.3, -0.25) is 0 Å². The van der Waals surface area contributed by atoms with E-state index in [1.165, 1.54) is 7.41 Å². The Bertz CT molecular complexity index is 366. The normalized spacial score (nSPS) is 22.2. The summed E-state index contributed by atoms with van der Waals surface area (Å²) in [5.74, 6) is 0.614. The van der Waals surface area contributed by atoms with Crippen LogP contribution in [0, 0.1) is 0 Å². The fourth-order valence-corrected chi connectivity index (χ4v) is 2.24. The van der Waals surface area contributed by atoms with Gasteiger partial charge in [-0.15, -0.1) is 0 Å². The first-order valence-corrected chi connectivity index (χ1v) is 5.48. The quantitative estimate of drug-likeness (QED) is 0.465. The second-order valence-electron chi connectivity index (χ2n) is 3.26. The van der Waals surface area contributed by atoms with E-state index in [1.807, 2.05) is 4.81 Å². The molecule has 0 aliphatic carbocycles. The van der Waals surface area contributed by atoms with Crippen LogP contribution in [0.3, 0.4) is 0 Å². The van der Waals surface area contributed by atoms with Gasteiger partial charge in [-0.2, -0.15) is 0 Å². The smallest absolute Gasteiger partial charge is 0.293 e. The lowest BCUT2D eigenvalue weighted by atomic mass is 9.91. The molecule has 0 amide bonds. The molecule has 0 spiro atoms. The van der Waals surface area contributed by atoms with Crippen LogP contribution in [0.15, 0.2) is 23.0 Å². The van der Waals surface area contributed by atoms with Crippen LogP contribution >= 0.6 is 15.9 Å². The molecule has 15 heavy (non-hydrogen) atoms. The molecule has 0 aromatic carbocycles. The van der Waals surface area contributed by atoms with Crippen LogP contribution in [0.1, 0.15) is 5.89 Å². The summed E-state index contributed by atoms with van der Waals surface area (Å²) in [5, 5.41) is 0. The number of oxazole rings is 1. The molecule has 0 saturated carbocycles. The van der Waals surface area contributed by atoms with Gasteiger partial charge in [0.25, 0.3) is 7.41 Å². The molecule has 1 aromatic rings. The first-order valence-electron chi connectivity index (χ1n) is 4.57. The molecular formula is C9H9BBrN2O2. The third-order valence-corrected chi connectivity index (χ3v) is 2.70. The molecule has 0 saturated heterocycles. The standard InChI is InChI=1S/C9H9BBrN2O2/c11-8-3-7(9-12-1-2-15-9)4-13(5-8)10-6-14/h1-3,6,8H,4-5H2. The molecule has 1 atom stereocenters. The Hall–Kier alpha value is -0.875.